The maximum Gasteiger partial charge on any atom is 0.335 e. The molecule has 1 aliphatic rings. The molecule has 0 aliphatic carbocycles. The standard InChI is InChI=1S/C22H27NO2/c24-22(25)21-13-11-20(12-14-21)17-23-15-5-10-19(16-23)9-4-8-18-6-2-1-3-7-18/h1-3,6-7,11-14,19H,4-5,8-10,15-17H2,(H,24,25). The van der Waals surface area contributed by atoms with Gasteiger partial charge in [0.05, 0.1) is 5.56 Å². The van der Waals surface area contributed by atoms with Crippen LogP contribution in [0.2, 0.25) is 0 Å². The van der Waals surface area contributed by atoms with Gasteiger partial charge in [-0.05, 0) is 67.8 Å². The molecule has 2 aromatic carbocycles. The third-order valence-electron chi connectivity index (χ3n) is 5.13. The Balaban J connectivity index is 1.45. The predicted molar refractivity (Wildman–Crippen MR) is 101 cm³/mol. The van der Waals surface area contributed by atoms with E-state index < -0.39 is 5.97 Å². The number of piperidine rings is 1. The highest BCUT2D eigenvalue weighted by molar-refractivity contribution is 5.87. The first-order chi connectivity index (χ1) is 12.2. The molecule has 3 nitrogen and oxygen atoms in total. The molecule has 3 heteroatoms. The van der Waals surface area contributed by atoms with Gasteiger partial charge in [0.15, 0.2) is 0 Å². The van der Waals surface area contributed by atoms with E-state index in [1.165, 1.54) is 43.2 Å². The average Bonchev–Trinajstić information content (AvgIpc) is 2.63. The monoisotopic (exact) mass is 337 g/mol. The van der Waals surface area contributed by atoms with Gasteiger partial charge in [-0.3, -0.25) is 4.90 Å². The zero-order chi connectivity index (χ0) is 17.5. The Morgan fingerprint density at radius 1 is 1.04 bits per heavy atom. The highest BCUT2D eigenvalue weighted by Crippen LogP contribution is 2.23. The predicted octanol–water partition coefficient (Wildman–Crippen LogP) is 4.62. The fourth-order valence-electron chi connectivity index (χ4n) is 3.78. The highest BCUT2D eigenvalue weighted by Gasteiger charge is 2.19. The molecule has 25 heavy (non-hydrogen) atoms. The smallest absolute Gasteiger partial charge is 0.335 e. The van der Waals surface area contributed by atoms with Crippen molar-refractivity contribution in [3.05, 3.63) is 71.3 Å². The summed E-state index contributed by atoms with van der Waals surface area (Å²) in [6.45, 7) is 3.24. The molecule has 2 aromatic rings. The van der Waals surface area contributed by atoms with E-state index in [1.54, 1.807) is 12.1 Å². The summed E-state index contributed by atoms with van der Waals surface area (Å²) >= 11 is 0. The van der Waals surface area contributed by atoms with Crippen LogP contribution in [0.3, 0.4) is 0 Å². The van der Waals surface area contributed by atoms with Gasteiger partial charge in [-0.1, -0.05) is 42.5 Å². The van der Waals surface area contributed by atoms with Crippen molar-refractivity contribution in [1.82, 2.24) is 4.90 Å². The van der Waals surface area contributed by atoms with Gasteiger partial charge in [-0.25, -0.2) is 4.79 Å². The average molecular weight is 337 g/mol. The molecular formula is C22H27NO2. The first-order valence-electron chi connectivity index (χ1n) is 9.29. The zero-order valence-electron chi connectivity index (χ0n) is 14.7. The fraction of sp³-hybridized carbons (Fsp3) is 0.409. The molecule has 0 spiro atoms. The van der Waals surface area contributed by atoms with Crippen LogP contribution in [-0.2, 0) is 13.0 Å². The molecule has 1 atom stereocenters. The highest BCUT2D eigenvalue weighted by atomic mass is 16.4. The van der Waals surface area contributed by atoms with Gasteiger partial charge in [-0.15, -0.1) is 0 Å². The molecular weight excluding hydrogens is 310 g/mol. The molecule has 1 saturated heterocycles. The van der Waals surface area contributed by atoms with Gasteiger partial charge in [0.2, 0.25) is 0 Å². The van der Waals surface area contributed by atoms with E-state index in [2.05, 4.69) is 35.2 Å². The van der Waals surface area contributed by atoms with E-state index >= 15 is 0 Å². The summed E-state index contributed by atoms with van der Waals surface area (Å²) in [5, 5.41) is 8.99. The zero-order valence-corrected chi connectivity index (χ0v) is 14.7. The molecule has 3 rings (SSSR count). The Labute approximate surface area is 150 Å². The van der Waals surface area contributed by atoms with Crippen LogP contribution < -0.4 is 0 Å². The second-order valence-corrected chi connectivity index (χ2v) is 7.12. The van der Waals surface area contributed by atoms with Crippen LogP contribution in [0.25, 0.3) is 0 Å². The van der Waals surface area contributed by atoms with Gasteiger partial charge in [0.1, 0.15) is 0 Å². The number of aryl methyl sites for hydroxylation is 1. The van der Waals surface area contributed by atoms with Crippen molar-refractivity contribution >= 4 is 5.97 Å². The molecule has 0 amide bonds. The van der Waals surface area contributed by atoms with Crippen molar-refractivity contribution in [3.63, 3.8) is 0 Å². The molecule has 0 saturated carbocycles. The number of hydrogen-bond acceptors (Lipinski definition) is 2. The summed E-state index contributed by atoms with van der Waals surface area (Å²) in [6, 6.07) is 18.1. The minimum absolute atomic E-state index is 0.362. The summed E-state index contributed by atoms with van der Waals surface area (Å²) in [5.41, 5.74) is 3.00. The van der Waals surface area contributed by atoms with Crippen LogP contribution in [0, 0.1) is 5.92 Å². The largest absolute Gasteiger partial charge is 0.478 e. The number of aromatic carboxylic acids is 1. The number of carboxylic acid groups (broad SMARTS) is 1. The van der Waals surface area contributed by atoms with Crippen LogP contribution in [0.15, 0.2) is 54.6 Å². The van der Waals surface area contributed by atoms with Gasteiger partial charge in [-0.2, -0.15) is 0 Å². The molecule has 0 bridgehead atoms. The second kappa shape index (κ2) is 8.82. The van der Waals surface area contributed by atoms with Crippen molar-refractivity contribution in [2.45, 2.75) is 38.6 Å². The molecule has 0 aromatic heterocycles. The van der Waals surface area contributed by atoms with Crippen molar-refractivity contribution in [1.29, 1.82) is 0 Å². The Morgan fingerprint density at radius 2 is 1.80 bits per heavy atom. The lowest BCUT2D eigenvalue weighted by Crippen LogP contribution is -2.34. The third kappa shape index (κ3) is 5.43. The van der Waals surface area contributed by atoms with Crippen LogP contribution in [0.5, 0.6) is 0 Å². The van der Waals surface area contributed by atoms with Gasteiger partial charge in [0.25, 0.3) is 0 Å². The normalized spacial score (nSPS) is 18.2. The summed E-state index contributed by atoms with van der Waals surface area (Å²) in [6.07, 6.45) is 6.33. The number of likely N-dealkylation sites (tertiary alicyclic amines) is 1. The molecule has 0 radical (unpaired) electrons. The number of rotatable bonds is 7. The molecule has 1 fully saturated rings. The van der Waals surface area contributed by atoms with Crippen molar-refractivity contribution in [3.8, 4) is 0 Å². The lowest BCUT2D eigenvalue weighted by atomic mass is 9.91. The third-order valence-corrected chi connectivity index (χ3v) is 5.13. The SMILES string of the molecule is O=C(O)c1ccc(CN2CCCC(CCCc3ccccc3)C2)cc1. The lowest BCUT2D eigenvalue weighted by Gasteiger charge is -2.33. The Bertz CT molecular complexity index is 666. The first kappa shape index (κ1) is 17.7. The van der Waals surface area contributed by atoms with Gasteiger partial charge in [0, 0.05) is 13.1 Å². The summed E-state index contributed by atoms with van der Waals surface area (Å²) in [5.74, 6) is -0.0706. The second-order valence-electron chi connectivity index (χ2n) is 7.12. The van der Waals surface area contributed by atoms with Crippen LogP contribution >= 0.6 is 0 Å². The fourth-order valence-corrected chi connectivity index (χ4v) is 3.78. The van der Waals surface area contributed by atoms with E-state index in [1.807, 2.05) is 12.1 Å². The maximum absolute atomic E-state index is 10.9. The van der Waals surface area contributed by atoms with E-state index in [-0.39, 0.29) is 0 Å². The molecule has 1 aliphatic heterocycles. The van der Waals surface area contributed by atoms with Crippen molar-refractivity contribution < 1.29 is 9.90 Å². The molecule has 1 unspecified atom stereocenters. The van der Waals surface area contributed by atoms with Gasteiger partial charge < -0.3 is 5.11 Å². The number of carboxylic acids is 1. The first-order valence-corrected chi connectivity index (χ1v) is 9.29. The molecule has 1 heterocycles. The van der Waals surface area contributed by atoms with Crippen LogP contribution in [0.1, 0.15) is 47.2 Å². The minimum Gasteiger partial charge on any atom is -0.478 e. The molecule has 132 valence electrons. The van der Waals surface area contributed by atoms with E-state index in [0.29, 0.717) is 5.56 Å². The van der Waals surface area contributed by atoms with Gasteiger partial charge >= 0.3 is 5.97 Å². The van der Waals surface area contributed by atoms with Crippen LogP contribution in [-0.4, -0.2) is 29.1 Å². The Morgan fingerprint density at radius 3 is 2.52 bits per heavy atom. The Kier molecular flexibility index (Phi) is 6.24. The Hall–Kier alpha value is -2.13. The lowest BCUT2D eigenvalue weighted by molar-refractivity contribution is 0.0697. The summed E-state index contributed by atoms with van der Waals surface area (Å²) in [7, 11) is 0. The van der Waals surface area contributed by atoms with E-state index in [9.17, 15) is 4.79 Å². The quantitative estimate of drug-likeness (QED) is 0.801. The van der Waals surface area contributed by atoms with Crippen molar-refractivity contribution in [2.24, 2.45) is 5.92 Å². The van der Waals surface area contributed by atoms with E-state index in [4.69, 9.17) is 5.11 Å². The number of nitrogens with zero attached hydrogens (tertiary/aromatic N) is 1. The summed E-state index contributed by atoms with van der Waals surface area (Å²) in [4.78, 5) is 13.5. The number of hydrogen-bond donors (Lipinski definition) is 1. The van der Waals surface area contributed by atoms with Crippen molar-refractivity contribution in [2.75, 3.05) is 13.1 Å². The number of carbonyl (C=O) groups is 1. The van der Waals surface area contributed by atoms with Crippen LogP contribution in [0.4, 0.5) is 0 Å². The topological polar surface area (TPSA) is 40.5 Å². The molecule has 1 N–H and O–H groups in total. The van der Waals surface area contributed by atoms with E-state index in [0.717, 1.165) is 25.6 Å². The summed E-state index contributed by atoms with van der Waals surface area (Å²) < 4.78 is 0. The maximum atomic E-state index is 10.9. The number of benzene rings is 2. The minimum atomic E-state index is -0.858.